The predicted molar refractivity (Wildman–Crippen MR) is 156 cm³/mol. The zero-order valence-corrected chi connectivity index (χ0v) is 24.0. The molecule has 0 bridgehead atoms. The van der Waals surface area contributed by atoms with Gasteiger partial charge in [-0.2, -0.15) is 0 Å². The van der Waals surface area contributed by atoms with E-state index in [1.54, 1.807) is 6.07 Å². The van der Waals surface area contributed by atoms with Gasteiger partial charge in [0.05, 0.1) is 12.3 Å². The quantitative estimate of drug-likeness (QED) is 0.255. The summed E-state index contributed by atoms with van der Waals surface area (Å²) < 4.78 is 31.8. The van der Waals surface area contributed by atoms with Gasteiger partial charge in [-0.25, -0.2) is 23.4 Å². The molecule has 0 aromatic heterocycles. The number of aliphatic imine (C=N–C) groups is 1. The maximum Gasteiger partial charge on any atom is 0.328 e. The Bertz CT molecular complexity index is 1200. The molecular weight excluding hydrogens is 552 g/mol. The minimum atomic E-state index is -1.26. The summed E-state index contributed by atoms with van der Waals surface area (Å²) in [5.41, 5.74) is 3.11. The Labute approximate surface area is 243 Å². The molecular formula is C30H37F2N3O5S. The van der Waals surface area contributed by atoms with Crippen LogP contribution < -0.4 is 0 Å². The highest BCUT2D eigenvalue weighted by atomic mass is 32.2. The van der Waals surface area contributed by atoms with Crippen LogP contribution in [0.15, 0.2) is 59.6 Å². The highest BCUT2D eigenvalue weighted by Gasteiger charge is 2.26. The van der Waals surface area contributed by atoms with E-state index in [2.05, 4.69) is 41.1 Å². The molecule has 0 spiro atoms. The molecule has 0 radical (unpaired) electrons. The molecule has 0 aliphatic carbocycles. The Hall–Kier alpha value is -3.28. The first-order chi connectivity index (χ1) is 19.7. The molecule has 2 N–H and O–H groups in total. The Balaban J connectivity index is 0.000000507. The standard InChI is InChI=1S/C26H33F2N3OS.C4H4O4/c1-30(26-29-25-8-4-3-7-21(25)19-33-26)22-11-14-31(15-12-22)13-5-2-6-16-32-18-20-9-10-23(27)24(28)17-20;5-3(6)1-2-4(7)8/h3-4,7-10,17,22H,2,5-6,11-16,18-19H2,1H3;1-2H,(H,5,6)(H,7,8)/b;2-1+. The van der Waals surface area contributed by atoms with Gasteiger partial charge in [0.1, 0.15) is 0 Å². The number of aliphatic carboxylic acids is 2. The number of ether oxygens (including phenoxy) is 1. The maximum absolute atomic E-state index is 13.2. The SMILES string of the molecule is CN(C1=Nc2ccccc2CS1)C1CCN(CCCCCOCc2ccc(F)c(F)c2)CC1.O=C(O)/C=C/C(=O)O. The number of piperidine rings is 1. The van der Waals surface area contributed by atoms with Crippen molar-refractivity contribution in [3.63, 3.8) is 0 Å². The third kappa shape index (κ3) is 11.3. The fourth-order valence-corrected chi connectivity index (χ4v) is 5.61. The number of benzene rings is 2. The Morgan fingerprint density at radius 3 is 2.44 bits per heavy atom. The van der Waals surface area contributed by atoms with E-state index < -0.39 is 23.6 Å². The summed E-state index contributed by atoms with van der Waals surface area (Å²) in [6.45, 7) is 4.37. The average molecular weight is 590 g/mol. The zero-order chi connectivity index (χ0) is 29.6. The number of fused-ring (bicyclic) bond motifs is 1. The van der Waals surface area contributed by atoms with Crippen LogP contribution in [0.25, 0.3) is 0 Å². The van der Waals surface area contributed by atoms with Crippen molar-refractivity contribution in [3.05, 3.63) is 77.4 Å². The van der Waals surface area contributed by atoms with Crippen molar-refractivity contribution in [3.8, 4) is 0 Å². The number of para-hydroxylation sites is 1. The van der Waals surface area contributed by atoms with Gasteiger partial charge in [-0.05, 0) is 68.0 Å². The van der Waals surface area contributed by atoms with Crippen molar-refractivity contribution in [2.75, 3.05) is 33.3 Å². The summed E-state index contributed by atoms with van der Waals surface area (Å²) in [7, 11) is 2.19. The van der Waals surface area contributed by atoms with Gasteiger partial charge in [0.25, 0.3) is 0 Å². The number of rotatable bonds is 11. The second-order valence-electron chi connectivity index (χ2n) is 9.87. The van der Waals surface area contributed by atoms with E-state index >= 15 is 0 Å². The van der Waals surface area contributed by atoms with E-state index in [1.807, 2.05) is 11.8 Å². The number of nitrogens with zero attached hydrogens (tertiary/aromatic N) is 3. The number of hydrogen-bond donors (Lipinski definition) is 2. The molecule has 8 nitrogen and oxygen atoms in total. The molecule has 1 saturated heterocycles. The van der Waals surface area contributed by atoms with Gasteiger partial charge in [0, 0.05) is 50.7 Å². The number of thioether (sulfide) groups is 1. The molecule has 0 amide bonds. The van der Waals surface area contributed by atoms with Gasteiger partial charge in [0.15, 0.2) is 16.8 Å². The molecule has 1 fully saturated rings. The van der Waals surface area contributed by atoms with E-state index in [4.69, 9.17) is 19.9 Å². The number of carboxylic acids is 2. The molecule has 2 aliphatic rings. The van der Waals surface area contributed by atoms with Crippen LogP contribution in [0, 0.1) is 11.6 Å². The van der Waals surface area contributed by atoms with E-state index in [1.165, 1.54) is 24.5 Å². The molecule has 0 unspecified atom stereocenters. The zero-order valence-electron chi connectivity index (χ0n) is 23.2. The van der Waals surface area contributed by atoms with E-state index in [0.29, 0.717) is 37.0 Å². The number of carboxylic acid groups (broad SMARTS) is 2. The lowest BCUT2D eigenvalue weighted by Gasteiger charge is -2.38. The highest BCUT2D eigenvalue weighted by molar-refractivity contribution is 8.13. The lowest BCUT2D eigenvalue weighted by molar-refractivity contribution is -0.134. The Morgan fingerprint density at radius 2 is 1.76 bits per heavy atom. The summed E-state index contributed by atoms with van der Waals surface area (Å²) in [6.07, 6.45) is 6.73. The fourth-order valence-electron chi connectivity index (χ4n) is 4.57. The van der Waals surface area contributed by atoms with Crippen LogP contribution in [0.5, 0.6) is 0 Å². The number of unbranched alkanes of at least 4 members (excludes halogenated alkanes) is 2. The summed E-state index contributed by atoms with van der Waals surface area (Å²) in [6, 6.07) is 12.9. The van der Waals surface area contributed by atoms with Crippen LogP contribution >= 0.6 is 11.8 Å². The molecule has 2 aliphatic heterocycles. The summed E-state index contributed by atoms with van der Waals surface area (Å²) in [4.78, 5) is 29.0. The van der Waals surface area contributed by atoms with Crippen LogP contribution in [0.2, 0.25) is 0 Å². The lowest BCUT2D eigenvalue weighted by Crippen LogP contribution is -2.45. The van der Waals surface area contributed by atoms with Gasteiger partial charge in [-0.15, -0.1) is 0 Å². The smallest absolute Gasteiger partial charge is 0.328 e. The predicted octanol–water partition coefficient (Wildman–Crippen LogP) is 5.69. The summed E-state index contributed by atoms with van der Waals surface area (Å²) in [5.74, 6) is -3.15. The van der Waals surface area contributed by atoms with Crippen LogP contribution in [0.3, 0.4) is 0 Å². The maximum atomic E-state index is 13.2. The van der Waals surface area contributed by atoms with E-state index in [0.717, 1.165) is 61.6 Å². The summed E-state index contributed by atoms with van der Waals surface area (Å²) >= 11 is 1.85. The molecule has 41 heavy (non-hydrogen) atoms. The minimum Gasteiger partial charge on any atom is -0.478 e. The fraction of sp³-hybridized carbons (Fsp3) is 0.433. The molecule has 11 heteroatoms. The number of amidine groups is 1. The van der Waals surface area contributed by atoms with Crippen molar-refractivity contribution in [2.45, 2.75) is 50.5 Å². The normalized spacial score (nSPS) is 15.5. The molecule has 2 aromatic carbocycles. The van der Waals surface area contributed by atoms with Gasteiger partial charge in [0.2, 0.25) is 0 Å². The molecule has 2 heterocycles. The second kappa shape index (κ2) is 16.9. The monoisotopic (exact) mass is 589 g/mol. The molecule has 2 aromatic rings. The number of hydrogen-bond acceptors (Lipinski definition) is 7. The minimum absolute atomic E-state index is 0.327. The van der Waals surface area contributed by atoms with E-state index in [-0.39, 0.29) is 0 Å². The first kappa shape index (κ1) is 32.2. The topological polar surface area (TPSA) is 103 Å². The van der Waals surface area contributed by atoms with Crippen LogP contribution in [-0.2, 0) is 26.7 Å². The van der Waals surface area contributed by atoms with Crippen molar-refractivity contribution in [1.82, 2.24) is 9.80 Å². The third-order valence-corrected chi connectivity index (χ3v) is 7.95. The van der Waals surface area contributed by atoms with Gasteiger partial charge < -0.3 is 24.7 Å². The van der Waals surface area contributed by atoms with E-state index in [9.17, 15) is 18.4 Å². The van der Waals surface area contributed by atoms with Crippen LogP contribution in [-0.4, -0.2) is 76.4 Å². The molecule has 222 valence electrons. The van der Waals surface area contributed by atoms with Crippen molar-refractivity contribution >= 4 is 34.6 Å². The van der Waals surface area contributed by atoms with Crippen LogP contribution in [0.4, 0.5) is 14.5 Å². The largest absolute Gasteiger partial charge is 0.478 e. The Morgan fingerprint density at radius 1 is 1.05 bits per heavy atom. The van der Waals surface area contributed by atoms with Crippen molar-refractivity contribution in [1.29, 1.82) is 0 Å². The first-order valence-corrected chi connectivity index (χ1v) is 14.6. The highest BCUT2D eigenvalue weighted by Crippen LogP contribution is 2.33. The Kier molecular flexibility index (Phi) is 13.3. The van der Waals surface area contributed by atoms with Crippen molar-refractivity contribution in [2.24, 2.45) is 4.99 Å². The molecule has 0 atom stereocenters. The van der Waals surface area contributed by atoms with Gasteiger partial charge >= 0.3 is 11.9 Å². The number of halogens is 2. The van der Waals surface area contributed by atoms with Crippen LogP contribution in [0.1, 0.15) is 43.2 Å². The van der Waals surface area contributed by atoms with Gasteiger partial charge in [-0.3, -0.25) is 0 Å². The number of carbonyl (C=O) groups is 2. The number of likely N-dealkylation sites (tertiary alicyclic amines) is 1. The lowest BCUT2D eigenvalue weighted by atomic mass is 10.0. The molecule has 4 rings (SSSR count). The third-order valence-electron chi connectivity index (χ3n) is 6.86. The summed E-state index contributed by atoms with van der Waals surface area (Å²) in [5, 5.41) is 16.8. The first-order valence-electron chi connectivity index (χ1n) is 13.6. The second-order valence-corrected chi connectivity index (χ2v) is 10.8. The van der Waals surface area contributed by atoms with Crippen molar-refractivity contribution < 1.29 is 33.3 Å². The van der Waals surface area contributed by atoms with Gasteiger partial charge in [-0.1, -0.05) is 36.0 Å². The molecule has 0 saturated carbocycles. The average Bonchev–Trinajstić information content (AvgIpc) is 2.97.